The van der Waals surface area contributed by atoms with E-state index in [0.29, 0.717) is 12.2 Å². The molecule has 0 bridgehead atoms. The Bertz CT molecular complexity index is 1170. The van der Waals surface area contributed by atoms with Crippen LogP contribution in [0.25, 0.3) is 0 Å². The number of hydrogen-bond donors (Lipinski definition) is 1. The maximum absolute atomic E-state index is 14.5. The van der Waals surface area contributed by atoms with Crippen LogP contribution in [0.5, 0.6) is 5.75 Å². The van der Waals surface area contributed by atoms with Crippen molar-refractivity contribution in [2.75, 3.05) is 24.2 Å². The highest BCUT2D eigenvalue weighted by Crippen LogP contribution is 2.24. The summed E-state index contributed by atoms with van der Waals surface area (Å²) in [5.74, 6) is -0.987. The van der Waals surface area contributed by atoms with E-state index in [9.17, 15) is 22.4 Å². The van der Waals surface area contributed by atoms with Crippen LogP contribution in [0.3, 0.4) is 0 Å². The predicted octanol–water partition coefficient (Wildman–Crippen LogP) is 3.86. The zero-order chi connectivity index (χ0) is 27.0. The van der Waals surface area contributed by atoms with Crippen molar-refractivity contribution < 1.29 is 27.1 Å². The Morgan fingerprint density at radius 2 is 1.73 bits per heavy atom. The number of para-hydroxylation sites is 1. The Morgan fingerprint density at radius 3 is 2.30 bits per heavy atom. The molecule has 0 heterocycles. The molecule has 0 aliphatic heterocycles. The summed E-state index contributed by atoms with van der Waals surface area (Å²) in [7, 11) is -2.45. The molecule has 0 radical (unpaired) electrons. The molecule has 1 aliphatic rings. The molecule has 1 N–H and O–H groups in total. The van der Waals surface area contributed by atoms with E-state index in [1.54, 1.807) is 31.4 Å². The third kappa shape index (κ3) is 7.67. The number of halogens is 1. The maximum Gasteiger partial charge on any atom is 0.244 e. The van der Waals surface area contributed by atoms with Crippen molar-refractivity contribution in [3.8, 4) is 5.75 Å². The van der Waals surface area contributed by atoms with Crippen molar-refractivity contribution in [2.24, 2.45) is 0 Å². The minimum atomic E-state index is -4.00. The molecule has 2 amide bonds. The Labute approximate surface area is 218 Å². The molecular formula is C27H36FN3O5S. The average Bonchev–Trinajstić information content (AvgIpc) is 2.88. The number of carbonyl (C=O) groups excluding carboxylic acids is 2. The minimum absolute atomic E-state index is 0.0548. The molecule has 37 heavy (non-hydrogen) atoms. The van der Waals surface area contributed by atoms with E-state index in [0.717, 1.165) is 54.3 Å². The Balaban J connectivity index is 1.92. The SMILES string of the molecule is CC[C@H](C(=O)NC1CCCCC1)N(Cc1ccc(OC)cc1)C(=O)CN(c1ccccc1F)S(C)(=O)=O. The van der Waals surface area contributed by atoms with Gasteiger partial charge in [-0.25, -0.2) is 12.8 Å². The molecule has 2 aromatic carbocycles. The second-order valence-electron chi connectivity index (χ2n) is 9.36. The van der Waals surface area contributed by atoms with E-state index in [1.165, 1.54) is 23.1 Å². The van der Waals surface area contributed by atoms with Gasteiger partial charge in [-0.15, -0.1) is 0 Å². The fourth-order valence-corrected chi connectivity index (χ4v) is 5.49. The molecule has 0 saturated heterocycles. The highest BCUT2D eigenvalue weighted by Gasteiger charge is 2.33. The van der Waals surface area contributed by atoms with Crippen molar-refractivity contribution in [3.05, 3.63) is 59.9 Å². The molecular weight excluding hydrogens is 497 g/mol. The second kappa shape index (κ2) is 12.9. The first-order chi connectivity index (χ1) is 17.6. The van der Waals surface area contributed by atoms with Gasteiger partial charge in [-0.1, -0.05) is 50.5 Å². The van der Waals surface area contributed by atoms with Crippen LogP contribution in [0, 0.1) is 5.82 Å². The predicted molar refractivity (Wildman–Crippen MR) is 141 cm³/mol. The molecule has 10 heteroatoms. The highest BCUT2D eigenvalue weighted by atomic mass is 32.2. The zero-order valence-corrected chi connectivity index (χ0v) is 22.5. The van der Waals surface area contributed by atoms with Gasteiger partial charge < -0.3 is 15.0 Å². The molecule has 202 valence electrons. The van der Waals surface area contributed by atoms with Crippen LogP contribution in [0.2, 0.25) is 0 Å². The van der Waals surface area contributed by atoms with Crippen LogP contribution in [0.1, 0.15) is 51.0 Å². The van der Waals surface area contributed by atoms with E-state index < -0.39 is 34.3 Å². The molecule has 0 aromatic heterocycles. The van der Waals surface area contributed by atoms with Crippen molar-refractivity contribution in [1.82, 2.24) is 10.2 Å². The van der Waals surface area contributed by atoms with Gasteiger partial charge in [0.2, 0.25) is 21.8 Å². The minimum Gasteiger partial charge on any atom is -0.497 e. The largest absolute Gasteiger partial charge is 0.497 e. The number of methoxy groups -OCH3 is 1. The van der Waals surface area contributed by atoms with E-state index in [4.69, 9.17) is 4.74 Å². The molecule has 1 atom stereocenters. The monoisotopic (exact) mass is 533 g/mol. The van der Waals surface area contributed by atoms with Gasteiger partial charge in [-0.05, 0) is 49.1 Å². The second-order valence-corrected chi connectivity index (χ2v) is 11.3. The number of amides is 2. The normalized spacial score (nSPS) is 15.0. The number of rotatable bonds is 11. The smallest absolute Gasteiger partial charge is 0.244 e. The molecule has 8 nitrogen and oxygen atoms in total. The number of ether oxygens (including phenoxy) is 1. The molecule has 1 saturated carbocycles. The van der Waals surface area contributed by atoms with Crippen LogP contribution >= 0.6 is 0 Å². The molecule has 2 aromatic rings. The standard InChI is InChI=1S/C27H36FN3O5S/c1-4-24(27(33)29-21-10-6-5-7-11-21)30(18-20-14-16-22(36-2)17-15-20)26(32)19-31(37(3,34)35)25-13-9-8-12-23(25)28/h8-9,12-17,21,24H,4-7,10-11,18-19H2,1-3H3,(H,29,33)/t24-/m1/s1. The number of carbonyl (C=O) groups is 2. The Hall–Kier alpha value is -3.14. The van der Waals surface area contributed by atoms with Crippen LogP contribution in [-0.4, -0.2) is 57.1 Å². The van der Waals surface area contributed by atoms with Gasteiger partial charge in [-0.2, -0.15) is 0 Å². The molecule has 0 unspecified atom stereocenters. The average molecular weight is 534 g/mol. The van der Waals surface area contributed by atoms with E-state index in [1.807, 2.05) is 6.92 Å². The van der Waals surface area contributed by atoms with Gasteiger partial charge in [0, 0.05) is 12.6 Å². The van der Waals surface area contributed by atoms with Crippen LogP contribution in [0.15, 0.2) is 48.5 Å². The van der Waals surface area contributed by atoms with Gasteiger partial charge in [0.15, 0.2) is 0 Å². The van der Waals surface area contributed by atoms with Crippen LogP contribution in [0.4, 0.5) is 10.1 Å². The molecule has 0 spiro atoms. The maximum atomic E-state index is 14.5. The van der Waals surface area contributed by atoms with Crippen molar-refractivity contribution >= 4 is 27.5 Å². The van der Waals surface area contributed by atoms with E-state index in [2.05, 4.69) is 5.32 Å². The lowest BCUT2D eigenvalue weighted by atomic mass is 9.95. The van der Waals surface area contributed by atoms with Gasteiger partial charge in [0.1, 0.15) is 24.2 Å². The number of sulfonamides is 1. The first-order valence-electron chi connectivity index (χ1n) is 12.6. The van der Waals surface area contributed by atoms with Gasteiger partial charge in [0.05, 0.1) is 19.1 Å². The van der Waals surface area contributed by atoms with Gasteiger partial charge >= 0.3 is 0 Å². The summed E-state index contributed by atoms with van der Waals surface area (Å²) in [6.07, 6.45) is 6.27. The number of anilines is 1. The fraction of sp³-hybridized carbons (Fsp3) is 0.481. The number of nitrogens with one attached hydrogen (secondary N) is 1. The number of hydrogen-bond acceptors (Lipinski definition) is 5. The summed E-state index contributed by atoms with van der Waals surface area (Å²) in [6.45, 7) is 1.25. The number of nitrogens with zero attached hydrogens (tertiary/aromatic N) is 2. The van der Waals surface area contributed by atoms with Crippen molar-refractivity contribution in [1.29, 1.82) is 0 Å². The Kier molecular flexibility index (Phi) is 9.91. The van der Waals surface area contributed by atoms with Gasteiger partial charge in [-0.3, -0.25) is 13.9 Å². The summed E-state index contributed by atoms with van der Waals surface area (Å²) < 4.78 is 45.7. The summed E-state index contributed by atoms with van der Waals surface area (Å²) in [6, 6.07) is 11.7. The summed E-state index contributed by atoms with van der Waals surface area (Å²) in [5, 5.41) is 3.09. The first-order valence-corrected chi connectivity index (χ1v) is 14.4. The third-order valence-corrected chi connectivity index (χ3v) is 7.78. The summed E-state index contributed by atoms with van der Waals surface area (Å²) in [4.78, 5) is 28.5. The van der Waals surface area contributed by atoms with Crippen molar-refractivity contribution in [2.45, 2.75) is 64.1 Å². The van der Waals surface area contributed by atoms with Crippen molar-refractivity contribution in [3.63, 3.8) is 0 Å². The summed E-state index contributed by atoms with van der Waals surface area (Å²) in [5.41, 5.74) is 0.525. The lowest BCUT2D eigenvalue weighted by molar-refractivity contribution is -0.140. The lowest BCUT2D eigenvalue weighted by Crippen LogP contribution is -2.54. The van der Waals surface area contributed by atoms with Crippen LogP contribution in [-0.2, 0) is 26.2 Å². The third-order valence-electron chi connectivity index (χ3n) is 6.65. The number of benzene rings is 2. The zero-order valence-electron chi connectivity index (χ0n) is 21.7. The summed E-state index contributed by atoms with van der Waals surface area (Å²) >= 11 is 0. The van der Waals surface area contributed by atoms with E-state index >= 15 is 0 Å². The van der Waals surface area contributed by atoms with Gasteiger partial charge in [0.25, 0.3) is 0 Å². The fourth-order valence-electron chi connectivity index (χ4n) is 4.64. The lowest BCUT2D eigenvalue weighted by Gasteiger charge is -2.34. The quantitative estimate of drug-likeness (QED) is 0.473. The molecule has 1 aliphatic carbocycles. The highest BCUT2D eigenvalue weighted by molar-refractivity contribution is 7.92. The Morgan fingerprint density at radius 1 is 1.08 bits per heavy atom. The topological polar surface area (TPSA) is 96.0 Å². The molecule has 3 rings (SSSR count). The van der Waals surface area contributed by atoms with Crippen LogP contribution < -0.4 is 14.4 Å². The van der Waals surface area contributed by atoms with E-state index in [-0.39, 0.29) is 24.2 Å². The first kappa shape index (κ1) is 28.4. The molecule has 1 fully saturated rings.